The van der Waals surface area contributed by atoms with E-state index in [0.29, 0.717) is 18.7 Å². The van der Waals surface area contributed by atoms with E-state index in [4.69, 9.17) is 5.11 Å². The minimum Gasteiger partial charge on any atom is -0.477 e. The Morgan fingerprint density at radius 2 is 2.25 bits per heavy atom. The Morgan fingerprint density at radius 1 is 1.56 bits per heavy atom. The van der Waals surface area contributed by atoms with Crippen molar-refractivity contribution in [3.8, 4) is 0 Å². The smallest absolute Gasteiger partial charge is 0.352 e. The van der Waals surface area contributed by atoms with Crippen LogP contribution in [0.4, 0.5) is 0 Å². The summed E-state index contributed by atoms with van der Waals surface area (Å²) in [6.45, 7) is 0.629. The third-order valence-corrected chi connectivity index (χ3v) is 3.91. The van der Waals surface area contributed by atoms with Gasteiger partial charge in [0.2, 0.25) is 10.0 Å². The van der Waals surface area contributed by atoms with Gasteiger partial charge in [-0.05, 0) is 18.1 Å². The number of H-pyrrole nitrogens is 1. The van der Waals surface area contributed by atoms with Gasteiger partial charge in [-0.2, -0.15) is 4.31 Å². The van der Waals surface area contributed by atoms with Crippen LogP contribution in [0.5, 0.6) is 0 Å². The first-order valence-electron chi connectivity index (χ1n) is 4.77. The summed E-state index contributed by atoms with van der Waals surface area (Å²) in [5.74, 6) is -1.03. The highest BCUT2D eigenvalue weighted by atomic mass is 32.2. The lowest BCUT2D eigenvalue weighted by molar-refractivity contribution is 0.0691. The minimum atomic E-state index is -3.21. The summed E-state index contributed by atoms with van der Waals surface area (Å²) in [6.07, 6.45) is 1.70. The molecule has 0 unspecified atom stereocenters. The molecule has 0 aliphatic carbocycles. The van der Waals surface area contributed by atoms with Crippen molar-refractivity contribution in [1.82, 2.24) is 9.29 Å². The van der Waals surface area contributed by atoms with Gasteiger partial charge < -0.3 is 10.1 Å². The van der Waals surface area contributed by atoms with Gasteiger partial charge in [-0.15, -0.1) is 0 Å². The SMILES string of the molecule is CS(=O)(=O)N1CCc2cc(C(=O)O)[nH]c2C1. The third kappa shape index (κ3) is 1.96. The van der Waals surface area contributed by atoms with Gasteiger partial charge in [0.05, 0.1) is 12.8 Å². The topological polar surface area (TPSA) is 90.5 Å². The average Bonchev–Trinajstić information content (AvgIpc) is 2.58. The van der Waals surface area contributed by atoms with Gasteiger partial charge in [-0.25, -0.2) is 13.2 Å². The molecule has 16 heavy (non-hydrogen) atoms. The average molecular weight is 244 g/mol. The number of aromatic amines is 1. The van der Waals surface area contributed by atoms with E-state index in [1.807, 2.05) is 0 Å². The van der Waals surface area contributed by atoms with Crippen molar-refractivity contribution in [3.63, 3.8) is 0 Å². The minimum absolute atomic E-state index is 0.111. The Kier molecular flexibility index (Phi) is 2.51. The number of carboxylic acids is 1. The maximum absolute atomic E-state index is 11.3. The van der Waals surface area contributed by atoms with Crippen LogP contribution in [0, 0.1) is 0 Å². The van der Waals surface area contributed by atoms with E-state index in [-0.39, 0.29) is 12.2 Å². The normalized spacial score (nSPS) is 17.1. The van der Waals surface area contributed by atoms with Gasteiger partial charge in [0, 0.05) is 12.2 Å². The molecule has 0 saturated heterocycles. The van der Waals surface area contributed by atoms with Gasteiger partial charge in [-0.1, -0.05) is 0 Å². The highest BCUT2D eigenvalue weighted by molar-refractivity contribution is 7.88. The molecule has 2 rings (SSSR count). The van der Waals surface area contributed by atoms with Gasteiger partial charge in [0.25, 0.3) is 0 Å². The number of hydrogen-bond acceptors (Lipinski definition) is 3. The molecule has 2 heterocycles. The molecule has 1 aliphatic rings. The number of carbonyl (C=O) groups is 1. The first kappa shape index (κ1) is 11.2. The lowest BCUT2D eigenvalue weighted by atomic mass is 10.1. The zero-order valence-corrected chi connectivity index (χ0v) is 9.54. The number of fused-ring (bicyclic) bond motifs is 1. The summed E-state index contributed by atoms with van der Waals surface area (Å²) < 4.78 is 24.0. The largest absolute Gasteiger partial charge is 0.477 e. The third-order valence-electron chi connectivity index (χ3n) is 2.66. The van der Waals surface area contributed by atoms with Gasteiger partial charge in [-0.3, -0.25) is 0 Å². The van der Waals surface area contributed by atoms with E-state index in [1.54, 1.807) is 6.07 Å². The van der Waals surface area contributed by atoms with E-state index < -0.39 is 16.0 Å². The fraction of sp³-hybridized carbons (Fsp3) is 0.444. The standard InChI is InChI=1S/C9H12N2O4S/c1-16(14,15)11-3-2-6-4-7(9(12)13)10-8(6)5-11/h4,10H,2-3,5H2,1H3,(H,12,13). The number of hydrogen-bond donors (Lipinski definition) is 2. The molecule has 0 atom stereocenters. The Balaban J connectivity index is 2.31. The molecular formula is C9H12N2O4S. The van der Waals surface area contributed by atoms with Crippen molar-refractivity contribution in [3.05, 3.63) is 23.0 Å². The number of sulfonamides is 1. The second-order valence-corrected chi connectivity index (χ2v) is 5.82. The molecular weight excluding hydrogens is 232 g/mol. The summed E-state index contributed by atoms with van der Waals surface area (Å²) in [7, 11) is -3.21. The zero-order chi connectivity index (χ0) is 11.9. The van der Waals surface area contributed by atoms with Gasteiger partial charge >= 0.3 is 5.97 Å². The number of nitrogens with one attached hydrogen (secondary N) is 1. The van der Waals surface area contributed by atoms with Crippen LogP contribution in [0.3, 0.4) is 0 Å². The highest BCUT2D eigenvalue weighted by Gasteiger charge is 2.25. The van der Waals surface area contributed by atoms with Crippen LogP contribution >= 0.6 is 0 Å². The van der Waals surface area contributed by atoms with Crippen molar-refractivity contribution < 1.29 is 18.3 Å². The van der Waals surface area contributed by atoms with E-state index in [1.165, 1.54) is 4.31 Å². The molecule has 0 fully saturated rings. The lowest BCUT2D eigenvalue weighted by Gasteiger charge is -2.24. The fourth-order valence-corrected chi connectivity index (χ4v) is 2.59. The molecule has 1 aliphatic heterocycles. The van der Waals surface area contributed by atoms with Crippen LogP contribution in [0.2, 0.25) is 0 Å². The van der Waals surface area contributed by atoms with Crippen molar-refractivity contribution in [2.75, 3.05) is 12.8 Å². The predicted molar refractivity (Wildman–Crippen MR) is 56.7 cm³/mol. The Bertz CT molecular complexity index is 532. The van der Waals surface area contributed by atoms with Gasteiger partial charge in [0.1, 0.15) is 5.69 Å². The van der Waals surface area contributed by atoms with Crippen LogP contribution in [0.15, 0.2) is 6.07 Å². The Morgan fingerprint density at radius 3 is 2.81 bits per heavy atom. The van der Waals surface area contributed by atoms with E-state index in [9.17, 15) is 13.2 Å². The molecule has 88 valence electrons. The van der Waals surface area contributed by atoms with Crippen LogP contribution in [-0.4, -0.2) is 41.6 Å². The van der Waals surface area contributed by atoms with Crippen molar-refractivity contribution >= 4 is 16.0 Å². The molecule has 0 spiro atoms. The Hall–Kier alpha value is -1.34. The molecule has 7 heteroatoms. The summed E-state index contributed by atoms with van der Waals surface area (Å²) >= 11 is 0. The zero-order valence-electron chi connectivity index (χ0n) is 8.73. The Labute approximate surface area is 92.9 Å². The summed E-state index contributed by atoms with van der Waals surface area (Å²) in [5, 5.41) is 8.80. The van der Waals surface area contributed by atoms with Crippen molar-refractivity contribution in [1.29, 1.82) is 0 Å². The van der Waals surface area contributed by atoms with E-state index in [0.717, 1.165) is 11.8 Å². The maximum atomic E-state index is 11.3. The molecule has 2 N–H and O–H groups in total. The summed E-state index contributed by atoms with van der Waals surface area (Å²) in [5.41, 5.74) is 1.67. The molecule has 0 aromatic carbocycles. The fourth-order valence-electron chi connectivity index (χ4n) is 1.80. The number of carboxylic acid groups (broad SMARTS) is 1. The quantitative estimate of drug-likeness (QED) is 0.768. The van der Waals surface area contributed by atoms with Crippen molar-refractivity contribution in [2.24, 2.45) is 0 Å². The number of nitrogens with zero attached hydrogens (tertiary/aromatic N) is 1. The first-order chi connectivity index (χ1) is 7.38. The maximum Gasteiger partial charge on any atom is 0.352 e. The van der Waals surface area contributed by atoms with Gasteiger partial charge in [0.15, 0.2) is 0 Å². The highest BCUT2D eigenvalue weighted by Crippen LogP contribution is 2.21. The lowest BCUT2D eigenvalue weighted by Crippen LogP contribution is -2.34. The monoisotopic (exact) mass is 244 g/mol. The molecule has 0 radical (unpaired) electrons. The predicted octanol–water partition coefficient (Wildman–Crippen LogP) is 0.0306. The summed E-state index contributed by atoms with van der Waals surface area (Å²) in [4.78, 5) is 13.5. The molecule has 0 bridgehead atoms. The van der Waals surface area contributed by atoms with Crippen LogP contribution < -0.4 is 0 Å². The van der Waals surface area contributed by atoms with Crippen molar-refractivity contribution in [2.45, 2.75) is 13.0 Å². The number of aromatic nitrogens is 1. The van der Waals surface area contributed by atoms with E-state index in [2.05, 4.69) is 4.98 Å². The summed E-state index contributed by atoms with van der Waals surface area (Å²) in [6, 6.07) is 1.57. The molecule has 1 aromatic heterocycles. The molecule has 0 amide bonds. The van der Waals surface area contributed by atoms with Crippen LogP contribution in [0.25, 0.3) is 0 Å². The number of rotatable bonds is 2. The molecule has 0 saturated carbocycles. The second kappa shape index (κ2) is 3.60. The van der Waals surface area contributed by atoms with E-state index >= 15 is 0 Å². The molecule has 6 nitrogen and oxygen atoms in total. The second-order valence-electron chi connectivity index (χ2n) is 3.84. The van der Waals surface area contributed by atoms with Crippen LogP contribution in [-0.2, 0) is 23.0 Å². The first-order valence-corrected chi connectivity index (χ1v) is 6.62. The molecule has 1 aromatic rings. The van der Waals surface area contributed by atoms with Crippen LogP contribution in [0.1, 0.15) is 21.7 Å². The number of aromatic carboxylic acids is 1.